The predicted octanol–water partition coefficient (Wildman–Crippen LogP) is 3.93. The van der Waals surface area contributed by atoms with Crippen LogP contribution in [0, 0.1) is 0 Å². The fourth-order valence-electron chi connectivity index (χ4n) is 2.05. The van der Waals surface area contributed by atoms with Gasteiger partial charge >= 0.3 is 0 Å². The van der Waals surface area contributed by atoms with Crippen LogP contribution in [-0.4, -0.2) is 24.7 Å². The average Bonchev–Trinajstić information content (AvgIpc) is 2.92. The molecule has 4 nitrogen and oxygen atoms in total. The number of aromatic nitrogens is 1. The third kappa shape index (κ3) is 4.48. The zero-order valence-corrected chi connectivity index (χ0v) is 13.4. The zero-order valence-electron chi connectivity index (χ0n) is 12.6. The zero-order chi connectivity index (χ0) is 15.2. The Morgan fingerprint density at radius 3 is 2.90 bits per heavy atom. The summed E-state index contributed by atoms with van der Waals surface area (Å²) in [6, 6.07) is 5.97. The number of oxazole rings is 1. The number of aryl methyl sites for hydroxylation is 1. The summed E-state index contributed by atoms with van der Waals surface area (Å²) in [5.41, 5.74) is 0.862. The Morgan fingerprint density at radius 1 is 1.38 bits per heavy atom. The molecule has 0 saturated heterocycles. The van der Waals surface area contributed by atoms with Crippen molar-refractivity contribution in [3.05, 3.63) is 35.3 Å². The highest BCUT2D eigenvalue weighted by Crippen LogP contribution is 2.32. The molecule has 1 N–H and O–H groups in total. The first-order chi connectivity index (χ1) is 10.1. The first-order valence-corrected chi connectivity index (χ1v) is 7.50. The number of methoxy groups -OCH3 is 1. The molecule has 0 saturated carbocycles. The Balaban J connectivity index is 2.02. The van der Waals surface area contributed by atoms with Crippen LogP contribution in [0.3, 0.4) is 0 Å². The quantitative estimate of drug-likeness (QED) is 0.787. The molecule has 0 bridgehead atoms. The Labute approximate surface area is 130 Å². The van der Waals surface area contributed by atoms with E-state index in [4.69, 9.17) is 20.8 Å². The number of rotatable bonds is 7. The van der Waals surface area contributed by atoms with Crippen molar-refractivity contribution in [3.63, 3.8) is 0 Å². The lowest BCUT2D eigenvalue weighted by Crippen LogP contribution is -2.23. The number of hydrogen-bond donors (Lipinski definition) is 1. The minimum atomic E-state index is 0.503. The summed E-state index contributed by atoms with van der Waals surface area (Å²) in [6.07, 6.45) is 3.54. The van der Waals surface area contributed by atoms with Gasteiger partial charge in [0.2, 0.25) is 0 Å². The maximum atomic E-state index is 5.97. The molecule has 0 aliphatic heterocycles. The van der Waals surface area contributed by atoms with E-state index in [-0.39, 0.29) is 0 Å². The van der Waals surface area contributed by atoms with Gasteiger partial charge in [-0.3, -0.25) is 0 Å². The van der Waals surface area contributed by atoms with Crippen molar-refractivity contribution in [2.45, 2.75) is 32.7 Å². The van der Waals surface area contributed by atoms with Gasteiger partial charge in [-0.25, -0.2) is 4.98 Å². The third-order valence-corrected chi connectivity index (χ3v) is 3.34. The number of nitrogens with zero attached hydrogens (tertiary/aromatic N) is 1. The van der Waals surface area contributed by atoms with Crippen molar-refractivity contribution in [1.82, 2.24) is 10.3 Å². The van der Waals surface area contributed by atoms with E-state index in [1.54, 1.807) is 19.4 Å². The van der Waals surface area contributed by atoms with Crippen LogP contribution >= 0.6 is 11.6 Å². The molecule has 0 spiro atoms. The Kier molecular flexibility index (Phi) is 5.65. The van der Waals surface area contributed by atoms with Gasteiger partial charge in [0.1, 0.15) is 5.75 Å². The van der Waals surface area contributed by atoms with Gasteiger partial charge in [-0.1, -0.05) is 25.4 Å². The van der Waals surface area contributed by atoms with Crippen molar-refractivity contribution in [3.8, 4) is 17.1 Å². The molecule has 1 aromatic heterocycles. The fraction of sp³-hybridized carbons (Fsp3) is 0.438. The van der Waals surface area contributed by atoms with E-state index < -0.39 is 0 Å². The van der Waals surface area contributed by atoms with E-state index in [0.717, 1.165) is 30.8 Å². The van der Waals surface area contributed by atoms with Crippen LogP contribution in [0.2, 0.25) is 5.02 Å². The van der Waals surface area contributed by atoms with Gasteiger partial charge in [0.05, 0.1) is 18.9 Å². The SMILES string of the molecule is COc1cc(Cl)ccc1-c1cnc(CCCNC(C)C)o1. The minimum Gasteiger partial charge on any atom is -0.496 e. The molecule has 0 radical (unpaired) electrons. The first kappa shape index (κ1) is 15.9. The largest absolute Gasteiger partial charge is 0.496 e. The molecule has 0 unspecified atom stereocenters. The van der Waals surface area contributed by atoms with Crippen LogP contribution in [0.4, 0.5) is 0 Å². The second-order valence-electron chi connectivity index (χ2n) is 5.18. The second kappa shape index (κ2) is 7.48. The molecule has 0 fully saturated rings. The second-order valence-corrected chi connectivity index (χ2v) is 5.61. The van der Waals surface area contributed by atoms with Crippen LogP contribution < -0.4 is 10.1 Å². The van der Waals surface area contributed by atoms with Crippen molar-refractivity contribution >= 4 is 11.6 Å². The van der Waals surface area contributed by atoms with Crippen LogP contribution in [0.1, 0.15) is 26.2 Å². The lowest BCUT2D eigenvalue weighted by atomic mass is 10.1. The maximum Gasteiger partial charge on any atom is 0.194 e. The molecule has 0 amide bonds. The Bertz CT molecular complexity index is 581. The first-order valence-electron chi connectivity index (χ1n) is 7.12. The highest BCUT2D eigenvalue weighted by molar-refractivity contribution is 6.30. The summed E-state index contributed by atoms with van der Waals surface area (Å²) < 4.78 is 11.1. The van der Waals surface area contributed by atoms with Crippen LogP contribution in [0.25, 0.3) is 11.3 Å². The van der Waals surface area contributed by atoms with Gasteiger partial charge in [0.15, 0.2) is 11.7 Å². The number of benzene rings is 1. The Hall–Kier alpha value is -1.52. The summed E-state index contributed by atoms with van der Waals surface area (Å²) in [7, 11) is 1.62. The summed E-state index contributed by atoms with van der Waals surface area (Å²) in [5.74, 6) is 2.13. The topological polar surface area (TPSA) is 47.3 Å². The lowest BCUT2D eigenvalue weighted by Gasteiger charge is -2.06. The highest BCUT2D eigenvalue weighted by atomic mass is 35.5. The molecule has 1 heterocycles. The van der Waals surface area contributed by atoms with E-state index in [2.05, 4.69) is 24.1 Å². The van der Waals surface area contributed by atoms with E-state index in [9.17, 15) is 0 Å². The minimum absolute atomic E-state index is 0.503. The monoisotopic (exact) mass is 308 g/mol. The van der Waals surface area contributed by atoms with E-state index in [1.165, 1.54) is 0 Å². The molecule has 2 aromatic rings. The molecule has 0 aliphatic carbocycles. The third-order valence-electron chi connectivity index (χ3n) is 3.10. The molecule has 2 rings (SSSR count). The lowest BCUT2D eigenvalue weighted by molar-refractivity contribution is 0.413. The average molecular weight is 309 g/mol. The van der Waals surface area contributed by atoms with Crippen molar-refractivity contribution in [2.75, 3.05) is 13.7 Å². The standard InChI is InChI=1S/C16H21ClN2O2/c1-11(2)18-8-4-5-16-19-10-15(21-16)13-7-6-12(17)9-14(13)20-3/h6-7,9-11,18H,4-5,8H2,1-3H3. The van der Waals surface area contributed by atoms with Crippen LogP contribution in [0.15, 0.2) is 28.8 Å². The van der Waals surface area contributed by atoms with Gasteiger partial charge in [-0.15, -0.1) is 0 Å². The molecule has 114 valence electrons. The molecule has 21 heavy (non-hydrogen) atoms. The molecule has 0 atom stereocenters. The van der Waals surface area contributed by atoms with Gasteiger partial charge < -0.3 is 14.5 Å². The summed E-state index contributed by atoms with van der Waals surface area (Å²) in [4.78, 5) is 4.32. The van der Waals surface area contributed by atoms with Crippen LogP contribution in [-0.2, 0) is 6.42 Å². The van der Waals surface area contributed by atoms with E-state index in [0.29, 0.717) is 22.6 Å². The molecule has 1 aromatic carbocycles. The maximum absolute atomic E-state index is 5.97. The summed E-state index contributed by atoms with van der Waals surface area (Å²) >= 11 is 5.97. The predicted molar refractivity (Wildman–Crippen MR) is 85.0 cm³/mol. The van der Waals surface area contributed by atoms with Crippen molar-refractivity contribution in [1.29, 1.82) is 0 Å². The molecular weight excluding hydrogens is 288 g/mol. The molecule has 5 heteroatoms. The molecular formula is C16H21ClN2O2. The van der Waals surface area contributed by atoms with Gasteiger partial charge in [-0.2, -0.15) is 0 Å². The number of halogens is 1. The van der Waals surface area contributed by atoms with Gasteiger partial charge in [-0.05, 0) is 31.2 Å². The van der Waals surface area contributed by atoms with Gasteiger partial charge in [0, 0.05) is 17.5 Å². The van der Waals surface area contributed by atoms with E-state index in [1.807, 2.05) is 12.1 Å². The van der Waals surface area contributed by atoms with E-state index >= 15 is 0 Å². The van der Waals surface area contributed by atoms with Crippen LogP contribution in [0.5, 0.6) is 5.75 Å². The molecule has 0 aliphatic rings. The Morgan fingerprint density at radius 2 is 2.19 bits per heavy atom. The number of nitrogens with one attached hydrogen (secondary N) is 1. The van der Waals surface area contributed by atoms with Crippen molar-refractivity contribution < 1.29 is 9.15 Å². The summed E-state index contributed by atoms with van der Waals surface area (Å²) in [5, 5.41) is 4.01. The number of hydrogen-bond acceptors (Lipinski definition) is 4. The summed E-state index contributed by atoms with van der Waals surface area (Å²) in [6.45, 7) is 5.23. The normalized spacial score (nSPS) is 11.1. The fourth-order valence-corrected chi connectivity index (χ4v) is 2.21. The number of ether oxygens (including phenoxy) is 1. The van der Waals surface area contributed by atoms with Gasteiger partial charge in [0.25, 0.3) is 0 Å². The highest BCUT2D eigenvalue weighted by Gasteiger charge is 2.12. The van der Waals surface area contributed by atoms with Crippen molar-refractivity contribution in [2.24, 2.45) is 0 Å². The smallest absolute Gasteiger partial charge is 0.194 e.